The van der Waals surface area contributed by atoms with E-state index in [2.05, 4.69) is 11.4 Å². The van der Waals surface area contributed by atoms with E-state index >= 15 is 0 Å². The molecule has 0 aliphatic heterocycles. The molecule has 0 radical (unpaired) electrons. The summed E-state index contributed by atoms with van der Waals surface area (Å²) >= 11 is 0. The SMILES string of the molecule is CNC(Cc1cccc(OC)c1)C(OC)OC. The average molecular weight is 239 g/mol. The number of hydrogen-bond donors (Lipinski definition) is 1. The van der Waals surface area contributed by atoms with Crippen LogP contribution in [0.1, 0.15) is 5.56 Å². The molecule has 4 heteroatoms. The molecule has 0 spiro atoms. The largest absolute Gasteiger partial charge is 0.497 e. The van der Waals surface area contributed by atoms with E-state index in [1.54, 1.807) is 21.3 Å². The molecule has 1 aromatic carbocycles. The van der Waals surface area contributed by atoms with E-state index in [-0.39, 0.29) is 12.3 Å². The molecule has 0 amide bonds. The van der Waals surface area contributed by atoms with Gasteiger partial charge in [-0.2, -0.15) is 0 Å². The number of hydrogen-bond acceptors (Lipinski definition) is 4. The molecule has 0 saturated carbocycles. The lowest BCUT2D eigenvalue weighted by Crippen LogP contribution is -2.41. The monoisotopic (exact) mass is 239 g/mol. The second kappa shape index (κ2) is 7.27. The predicted molar refractivity (Wildman–Crippen MR) is 67.4 cm³/mol. The molecule has 0 aliphatic rings. The summed E-state index contributed by atoms with van der Waals surface area (Å²) in [7, 11) is 6.85. The minimum atomic E-state index is -0.258. The first-order valence-corrected chi connectivity index (χ1v) is 5.61. The van der Waals surface area contributed by atoms with E-state index in [1.165, 1.54) is 5.56 Å². The van der Waals surface area contributed by atoms with Crippen LogP contribution in [0.5, 0.6) is 5.75 Å². The quantitative estimate of drug-likeness (QED) is 0.731. The van der Waals surface area contributed by atoms with E-state index < -0.39 is 0 Å². The Morgan fingerprint density at radius 1 is 1.18 bits per heavy atom. The fourth-order valence-corrected chi connectivity index (χ4v) is 1.81. The maximum absolute atomic E-state index is 5.27. The molecule has 0 fully saturated rings. The predicted octanol–water partition coefficient (Wildman–Crippen LogP) is 1.44. The van der Waals surface area contributed by atoms with Crippen LogP contribution in [0, 0.1) is 0 Å². The minimum absolute atomic E-state index is 0.108. The topological polar surface area (TPSA) is 39.7 Å². The van der Waals surface area contributed by atoms with Gasteiger partial charge in [-0.1, -0.05) is 12.1 Å². The van der Waals surface area contributed by atoms with E-state index in [4.69, 9.17) is 14.2 Å². The lowest BCUT2D eigenvalue weighted by atomic mass is 10.1. The molecule has 0 aromatic heterocycles. The third-order valence-corrected chi connectivity index (χ3v) is 2.75. The Kier molecular flexibility index (Phi) is 5.97. The second-order valence-electron chi connectivity index (χ2n) is 3.79. The molecule has 1 rings (SSSR count). The van der Waals surface area contributed by atoms with Crippen LogP contribution in [0.15, 0.2) is 24.3 Å². The fraction of sp³-hybridized carbons (Fsp3) is 0.538. The Bertz CT molecular complexity index is 326. The first kappa shape index (κ1) is 14.0. The van der Waals surface area contributed by atoms with Gasteiger partial charge in [0.15, 0.2) is 6.29 Å². The van der Waals surface area contributed by atoms with Crippen LogP contribution in [0.4, 0.5) is 0 Å². The van der Waals surface area contributed by atoms with Crippen molar-refractivity contribution >= 4 is 0 Å². The summed E-state index contributed by atoms with van der Waals surface area (Å²) in [6.07, 6.45) is 0.561. The molecule has 4 nitrogen and oxygen atoms in total. The lowest BCUT2D eigenvalue weighted by Gasteiger charge is -2.24. The highest BCUT2D eigenvalue weighted by molar-refractivity contribution is 5.29. The van der Waals surface area contributed by atoms with Gasteiger partial charge in [0.05, 0.1) is 13.2 Å². The molecular formula is C13H21NO3. The zero-order valence-electron chi connectivity index (χ0n) is 10.9. The average Bonchev–Trinajstić information content (AvgIpc) is 2.39. The summed E-state index contributed by atoms with van der Waals surface area (Å²) in [5, 5.41) is 3.20. The first-order valence-electron chi connectivity index (χ1n) is 5.61. The lowest BCUT2D eigenvalue weighted by molar-refractivity contribution is -0.121. The van der Waals surface area contributed by atoms with Gasteiger partial charge in [0.2, 0.25) is 0 Å². The van der Waals surface area contributed by atoms with Crippen molar-refractivity contribution in [3.8, 4) is 5.75 Å². The van der Waals surface area contributed by atoms with Gasteiger partial charge in [-0.25, -0.2) is 0 Å². The van der Waals surface area contributed by atoms with Crippen LogP contribution in [0.2, 0.25) is 0 Å². The number of ether oxygens (including phenoxy) is 3. The molecule has 17 heavy (non-hydrogen) atoms. The van der Waals surface area contributed by atoms with Crippen LogP contribution < -0.4 is 10.1 Å². The zero-order valence-corrected chi connectivity index (χ0v) is 10.9. The molecule has 0 bridgehead atoms. The summed E-state index contributed by atoms with van der Waals surface area (Å²) in [6, 6.07) is 8.11. The van der Waals surface area contributed by atoms with Crippen LogP contribution in [-0.4, -0.2) is 40.7 Å². The highest BCUT2D eigenvalue weighted by atomic mass is 16.7. The van der Waals surface area contributed by atoms with Crippen molar-refractivity contribution in [3.05, 3.63) is 29.8 Å². The third-order valence-electron chi connectivity index (χ3n) is 2.75. The second-order valence-corrected chi connectivity index (χ2v) is 3.79. The first-order chi connectivity index (χ1) is 8.24. The van der Waals surface area contributed by atoms with Crippen LogP contribution in [0.3, 0.4) is 0 Å². The molecule has 0 heterocycles. The van der Waals surface area contributed by atoms with E-state index in [9.17, 15) is 0 Å². The van der Waals surface area contributed by atoms with Gasteiger partial charge >= 0.3 is 0 Å². The van der Waals surface area contributed by atoms with Crippen molar-refractivity contribution in [2.45, 2.75) is 18.8 Å². The van der Waals surface area contributed by atoms with Crippen LogP contribution >= 0.6 is 0 Å². The maximum Gasteiger partial charge on any atom is 0.172 e. The summed E-state index contributed by atoms with van der Waals surface area (Å²) in [4.78, 5) is 0. The molecule has 1 aromatic rings. The summed E-state index contributed by atoms with van der Waals surface area (Å²) in [5.74, 6) is 0.865. The van der Waals surface area contributed by atoms with Gasteiger partial charge in [-0.3, -0.25) is 0 Å². The molecule has 96 valence electrons. The van der Waals surface area contributed by atoms with E-state index in [0.29, 0.717) is 0 Å². The fourth-order valence-electron chi connectivity index (χ4n) is 1.81. The van der Waals surface area contributed by atoms with Gasteiger partial charge in [-0.15, -0.1) is 0 Å². The molecule has 0 saturated heterocycles. The number of methoxy groups -OCH3 is 3. The summed E-state index contributed by atoms with van der Waals surface area (Å²) in [6.45, 7) is 0. The highest BCUT2D eigenvalue weighted by Crippen LogP contribution is 2.15. The summed E-state index contributed by atoms with van der Waals surface area (Å²) in [5.41, 5.74) is 1.18. The maximum atomic E-state index is 5.27. The Morgan fingerprint density at radius 2 is 1.88 bits per heavy atom. The van der Waals surface area contributed by atoms with Crippen molar-refractivity contribution in [1.82, 2.24) is 5.32 Å². The van der Waals surface area contributed by atoms with Crippen LogP contribution in [-0.2, 0) is 15.9 Å². The standard InChI is InChI=1S/C13H21NO3/c1-14-12(13(16-3)17-4)9-10-6-5-7-11(8-10)15-2/h5-8,12-14H,9H2,1-4H3. The number of nitrogens with one attached hydrogen (secondary N) is 1. The summed E-state index contributed by atoms with van der Waals surface area (Å²) < 4.78 is 15.7. The molecule has 1 atom stereocenters. The Balaban J connectivity index is 2.72. The van der Waals surface area contributed by atoms with Crippen LogP contribution in [0.25, 0.3) is 0 Å². The van der Waals surface area contributed by atoms with E-state index in [1.807, 2.05) is 25.2 Å². The van der Waals surface area contributed by atoms with E-state index in [0.717, 1.165) is 12.2 Å². The Labute approximate surface area is 103 Å². The smallest absolute Gasteiger partial charge is 0.172 e. The highest BCUT2D eigenvalue weighted by Gasteiger charge is 2.19. The number of rotatable bonds is 7. The Hall–Kier alpha value is -1.10. The minimum Gasteiger partial charge on any atom is -0.497 e. The Morgan fingerprint density at radius 3 is 2.41 bits per heavy atom. The van der Waals surface area contributed by atoms with Gasteiger partial charge in [-0.05, 0) is 31.2 Å². The third kappa shape index (κ3) is 4.00. The zero-order chi connectivity index (χ0) is 12.7. The molecule has 1 N–H and O–H groups in total. The molecule has 0 aliphatic carbocycles. The van der Waals surface area contributed by atoms with Gasteiger partial charge in [0.1, 0.15) is 5.75 Å². The van der Waals surface area contributed by atoms with Gasteiger partial charge in [0.25, 0.3) is 0 Å². The number of benzene rings is 1. The van der Waals surface area contributed by atoms with Crippen molar-refractivity contribution in [1.29, 1.82) is 0 Å². The molecule has 1 unspecified atom stereocenters. The molecular weight excluding hydrogens is 218 g/mol. The van der Waals surface area contributed by atoms with Crippen molar-refractivity contribution in [2.24, 2.45) is 0 Å². The van der Waals surface area contributed by atoms with Gasteiger partial charge in [0, 0.05) is 14.2 Å². The normalized spacial score (nSPS) is 12.8. The van der Waals surface area contributed by atoms with Crippen molar-refractivity contribution in [3.63, 3.8) is 0 Å². The van der Waals surface area contributed by atoms with Gasteiger partial charge < -0.3 is 19.5 Å². The van der Waals surface area contributed by atoms with Crippen molar-refractivity contribution < 1.29 is 14.2 Å². The van der Waals surface area contributed by atoms with Crippen molar-refractivity contribution in [2.75, 3.05) is 28.4 Å². The number of likely N-dealkylation sites (N-methyl/N-ethyl adjacent to an activating group) is 1.